The highest BCUT2D eigenvalue weighted by Gasteiger charge is 2.18. The smallest absolute Gasteiger partial charge is 0.338 e. The van der Waals surface area contributed by atoms with Crippen molar-refractivity contribution >= 4 is 35.1 Å². The van der Waals surface area contributed by atoms with Crippen LogP contribution in [0.3, 0.4) is 0 Å². The van der Waals surface area contributed by atoms with Crippen molar-refractivity contribution in [1.82, 2.24) is 0 Å². The fourth-order valence-corrected chi connectivity index (χ4v) is 3.35. The maximum Gasteiger partial charge on any atom is 0.338 e. The molecule has 0 saturated heterocycles. The van der Waals surface area contributed by atoms with Crippen LogP contribution < -0.4 is 5.32 Å². The molecule has 0 radical (unpaired) electrons. The number of hydrogen-bond acceptors (Lipinski definition) is 5. The minimum atomic E-state index is -0.593. The summed E-state index contributed by atoms with van der Waals surface area (Å²) in [5, 5.41) is 2.73. The first kappa shape index (κ1) is 18.2. The second kappa shape index (κ2) is 7.74. The first-order valence-corrected chi connectivity index (χ1v) is 9.29. The molecule has 0 atom stereocenters. The summed E-state index contributed by atoms with van der Waals surface area (Å²) in [4.78, 5) is 36.8. The van der Waals surface area contributed by atoms with Crippen LogP contribution in [0.5, 0.6) is 0 Å². The third kappa shape index (κ3) is 4.14. The Bertz CT molecular complexity index is 859. The number of nitrogens with one attached hydrogen (secondary N) is 1. The Morgan fingerprint density at radius 3 is 2.50 bits per heavy atom. The van der Waals surface area contributed by atoms with E-state index in [2.05, 4.69) is 19.2 Å². The van der Waals surface area contributed by atoms with Crippen molar-refractivity contribution in [3.8, 4) is 0 Å². The van der Waals surface area contributed by atoms with Crippen LogP contribution in [0.25, 0.3) is 0 Å². The first-order chi connectivity index (χ1) is 12.4. The van der Waals surface area contributed by atoms with Crippen molar-refractivity contribution in [2.75, 3.05) is 17.7 Å². The molecule has 1 aliphatic rings. The quantitative estimate of drug-likeness (QED) is 0.639. The van der Waals surface area contributed by atoms with E-state index in [1.54, 1.807) is 30.3 Å². The van der Waals surface area contributed by atoms with Gasteiger partial charge in [-0.15, -0.1) is 11.8 Å². The van der Waals surface area contributed by atoms with Crippen LogP contribution in [0, 0.1) is 0 Å². The van der Waals surface area contributed by atoms with Crippen LogP contribution in [0.1, 0.15) is 46.0 Å². The number of anilines is 1. The van der Waals surface area contributed by atoms with Crippen molar-refractivity contribution < 1.29 is 19.1 Å². The maximum atomic E-state index is 12.2. The predicted molar refractivity (Wildman–Crippen MR) is 101 cm³/mol. The highest BCUT2D eigenvalue weighted by atomic mass is 32.2. The van der Waals surface area contributed by atoms with Crippen LogP contribution in [0.15, 0.2) is 47.4 Å². The van der Waals surface area contributed by atoms with Crippen molar-refractivity contribution in [3.05, 3.63) is 59.2 Å². The number of fused-ring (bicyclic) bond motifs is 1. The summed E-state index contributed by atoms with van der Waals surface area (Å²) in [5.74, 6) is -0.200. The van der Waals surface area contributed by atoms with Gasteiger partial charge in [0, 0.05) is 10.5 Å². The minimum absolute atomic E-state index is 0.104. The molecule has 1 N–H and O–H groups in total. The Labute approximate surface area is 156 Å². The van der Waals surface area contributed by atoms with Gasteiger partial charge in [-0.1, -0.05) is 38.1 Å². The van der Waals surface area contributed by atoms with Gasteiger partial charge in [-0.05, 0) is 29.7 Å². The molecule has 1 amide bonds. The summed E-state index contributed by atoms with van der Waals surface area (Å²) in [6, 6.07) is 12.3. The number of amides is 1. The molecule has 2 aromatic carbocycles. The molecular formula is C20H19NO4S. The molecule has 3 rings (SSSR count). The van der Waals surface area contributed by atoms with Crippen molar-refractivity contribution in [1.29, 1.82) is 0 Å². The number of thioether (sulfide) groups is 1. The van der Waals surface area contributed by atoms with Gasteiger partial charge in [0.2, 0.25) is 5.91 Å². The van der Waals surface area contributed by atoms with Crippen LogP contribution in [-0.2, 0) is 9.53 Å². The van der Waals surface area contributed by atoms with Crippen LogP contribution in [0.2, 0.25) is 0 Å². The Hall–Kier alpha value is -2.60. The molecule has 5 nitrogen and oxygen atoms in total. The zero-order valence-corrected chi connectivity index (χ0v) is 15.4. The van der Waals surface area contributed by atoms with Crippen molar-refractivity contribution in [2.24, 2.45) is 0 Å². The lowest BCUT2D eigenvalue weighted by atomic mass is 10.0. The molecule has 0 fully saturated rings. The highest BCUT2D eigenvalue weighted by Crippen LogP contribution is 2.32. The predicted octanol–water partition coefficient (Wildman–Crippen LogP) is 3.89. The maximum absolute atomic E-state index is 12.2. The number of ketones is 1. The highest BCUT2D eigenvalue weighted by molar-refractivity contribution is 8.00. The average molecular weight is 369 g/mol. The third-order valence-electron chi connectivity index (χ3n) is 4.08. The lowest BCUT2D eigenvalue weighted by molar-refractivity contribution is -0.113. The summed E-state index contributed by atoms with van der Waals surface area (Å²) in [6.07, 6.45) is 0. The SMILES string of the molecule is CC(C)c1ccc(C(=O)COC(=O)c2ccc3c(c2)NC(=O)CS3)cc1. The number of rotatable bonds is 5. The zero-order valence-electron chi connectivity index (χ0n) is 14.6. The van der Waals surface area contributed by atoms with Gasteiger partial charge in [-0.3, -0.25) is 9.59 Å². The van der Waals surface area contributed by atoms with Crippen molar-refractivity contribution in [2.45, 2.75) is 24.7 Å². The largest absolute Gasteiger partial charge is 0.454 e. The van der Waals surface area contributed by atoms with E-state index in [1.165, 1.54) is 11.8 Å². The van der Waals surface area contributed by atoms with E-state index in [0.29, 0.717) is 28.5 Å². The van der Waals surface area contributed by atoms with E-state index in [1.807, 2.05) is 12.1 Å². The summed E-state index contributed by atoms with van der Waals surface area (Å²) in [6.45, 7) is 3.84. The number of benzene rings is 2. The Morgan fingerprint density at radius 1 is 1.12 bits per heavy atom. The minimum Gasteiger partial charge on any atom is -0.454 e. The lowest BCUT2D eigenvalue weighted by Crippen LogP contribution is -2.19. The second-order valence-electron chi connectivity index (χ2n) is 6.32. The van der Waals surface area contributed by atoms with E-state index in [-0.39, 0.29) is 18.3 Å². The number of carbonyl (C=O) groups is 3. The average Bonchev–Trinajstić information content (AvgIpc) is 2.65. The summed E-state index contributed by atoms with van der Waals surface area (Å²) in [5.41, 5.74) is 2.55. The van der Waals surface area contributed by atoms with Gasteiger partial charge in [0.05, 0.1) is 17.0 Å². The molecule has 1 heterocycles. The molecular weight excluding hydrogens is 350 g/mol. The molecule has 0 saturated carbocycles. The second-order valence-corrected chi connectivity index (χ2v) is 7.34. The van der Waals surface area contributed by atoms with Gasteiger partial charge in [-0.2, -0.15) is 0 Å². The molecule has 1 aliphatic heterocycles. The summed E-state index contributed by atoms with van der Waals surface area (Å²) < 4.78 is 5.13. The monoisotopic (exact) mass is 369 g/mol. The number of hydrogen-bond donors (Lipinski definition) is 1. The number of Topliss-reactive ketones (excluding diaryl/α,β-unsaturated/α-hetero) is 1. The van der Waals surface area contributed by atoms with E-state index >= 15 is 0 Å². The lowest BCUT2D eigenvalue weighted by Gasteiger charge is -2.16. The summed E-state index contributed by atoms with van der Waals surface area (Å²) in [7, 11) is 0. The number of esters is 1. The fraction of sp³-hybridized carbons (Fsp3) is 0.250. The molecule has 0 bridgehead atoms. The molecule has 0 aromatic heterocycles. The molecule has 0 spiro atoms. The molecule has 134 valence electrons. The first-order valence-electron chi connectivity index (χ1n) is 8.31. The Balaban J connectivity index is 1.62. The van der Waals surface area contributed by atoms with Gasteiger partial charge in [-0.25, -0.2) is 4.79 Å². The molecule has 2 aromatic rings. The van der Waals surface area contributed by atoms with E-state index in [9.17, 15) is 14.4 Å². The number of carbonyl (C=O) groups excluding carboxylic acids is 3. The van der Waals surface area contributed by atoms with Crippen LogP contribution in [0.4, 0.5) is 5.69 Å². The van der Waals surface area contributed by atoms with Gasteiger partial charge >= 0.3 is 5.97 Å². The normalized spacial score (nSPS) is 13.1. The van der Waals surface area contributed by atoms with Gasteiger partial charge in [0.25, 0.3) is 0 Å². The van der Waals surface area contributed by atoms with E-state index in [4.69, 9.17) is 4.74 Å². The van der Waals surface area contributed by atoms with Gasteiger partial charge in [0.15, 0.2) is 12.4 Å². The number of ether oxygens (including phenoxy) is 1. The fourth-order valence-electron chi connectivity index (χ4n) is 2.56. The third-order valence-corrected chi connectivity index (χ3v) is 5.16. The summed E-state index contributed by atoms with van der Waals surface area (Å²) >= 11 is 1.42. The molecule has 0 unspecified atom stereocenters. The standard InChI is InChI=1S/C20H19NO4S/c1-12(2)13-3-5-14(6-4-13)17(22)10-25-20(24)15-7-8-18-16(9-15)21-19(23)11-26-18/h3-9,12H,10-11H2,1-2H3,(H,21,23). The zero-order chi connectivity index (χ0) is 18.7. The van der Waals surface area contributed by atoms with Crippen LogP contribution >= 0.6 is 11.8 Å². The molecule has 26 heavy (non-hydrogen) atoms. The van der Waals surface area contributed by atoms with Crippen molar-refractivity contribution in [3.63, 3.8) is 0 Å². The van der Waals surface area contributed by atoms with E-state index < -0.39 is 5.97 Å². The van der Waals surface area contributed by atoms with Crippen LogP contribution in [-0.4, -0.2) is 30.0 Å². The van der Waals surface area contributed by atoms with Gasteiger partial charge in [0.1, 0.15) is 0 Å². The topological polar surface area (TPSA) is 72.5 Å². The molecule has 0 aliphatic carbocycles. The van der Waals surface area contributed by atoms with E-state index in [0.717, 1.165) is 10.5 Å². The Kier molecular flexibility index (Phi) is 5.42. The van der Waals surface area contributed by atoms with Gasteiger partial charge < -0.3 is 10.1 Å². The molecule has 6 heteroatoms. The Morgan fingerprint density at radius 2 is 1.81 bits per heavy atom.